The van der Waals surface area contributed by atoms with Gasteiger partial charge >= 0.3 is 0 Å². The van der Waals surface area contributed by atoms with Crippen LogP contribution in [0.2, 0.25) is 0 Å². The lowest BCUT2D eigenvalue weighted by Gasteiger charge is -2.33. The highest BCUT2D eigenvalue weighted by molar-refractivity contribution is 7.71. The lowest BCUT2D eigenvalue weighted by molar-refractivity contribution is 0.0962. The molecule has 1 atom stereocenters. The number of nitrogens with zero attached hydrogens (tertiary/aromatic N) is 7. The number of piperazine rings is 1. The van der Waals surface area contributed by atoms with Crippen molar-refractivity contribution in [3.05, 3.63) is 28.1 Å². The highest BCUT2D eigenvalue weighted by atomic mass is 32.1. The predicted molar refractivity (Wildman–Crippen MR) is 121 cm³/mol. The van der Waals surface area contributed by atoms with E-state index < -0.39 is 0 Å². The van der Waals surface area contributed by atoms with Crippen molar-refractivity contribution in [1.29, 1.82) is 0 Å². The molecule has 2 aromatic heterocycles. The minimum atomic E-state index is 0.285. The molecular formula is C21H37N7OS. The summed E-state index contributed by atoms with van der Waals surface area (Å²) in [6.45, 7) is 12.9. The summed E-state index contributed by atoms with van der Waals surface area (Å²) in [6, 6.07) is 2.30. The lowest BCUT2D eigenvalue weighted by Crippen LogP contribution is -2.46. The van der Waals surface area contributed by atoms with Crippen LogP contribution < -0.4 is 0 Å². The number of rotatable bonds is 10. The molecule has 2 aromatic rings. The summed E-state index contributed by atoms with van der Waals surface area (Å²) < 4.78 is 10.3. The van der Waals surface area contributed by atoms with E-state index in [-0.39, 0.29) is 6.04 Å². The Hall–Kier alpha value is -1.55. The second-order valence-electron chi connectivity index (χ2n) is 8.50. The van der Waals surface area contributed by atoms with Gasteiger partial charge in [0.1, 0.15) is 11.6 Å². The van der Waals surface area contributed by atoms with E-state index in [1.54, 1.807) is 0 Å². The Bertz CT molecular complexity index is 848. The van der Waals surface area contributed by atoms with Crippen molar-refractivity contribution in [2.24, 2.45) is 0 Å². The van der Waals surface area contributed by atoms with Gasteiger partial charge in [0.25, 0.3) is 0 Å². The minimum absolute atomic E-state index is 0.285. The van der Waals surface area contributed by atoms with Gasteiger partial charge in [-0.1, -0.05) is 25.4 Å². The summed E-state index contributed by atoms with van der Waals surface area (Å²) in [5, 5.41) is 9.11. The second-order valence-corrected chi connectivity index (χ2v) is 8.86. The van der Waals surface area contributed by atoms with Crippen molar-refractivity contribution in [2.45, 2.75) is 65.8 Å². The quantitative estimate of drug-likeness (QED) is 0.531. The van der Waals surface area contributed by atoms with Crippen molar-refractivity contribution < 1.29 is 4.52 Å². The van der Waals surface area contributed by atoms with E-state index >= 15 is 0 Å². The maximum atomic E-state index is 5.85. The van der Waals surface area contributed by atoms with Gasteiger partial charge in [0.2, 0.25) is 0 Å². The van der Waals surface area contributed by atoms with E-state index in [0.29, 0.717) is 0 Å². The van der Waals surface area contributed by atoms with E-state index in [1.165, 1.54) is 0 Å². The summed E-state index contributed by atoms with van der Waals surface area (Å²) >= 11 is 5.85. The van der Waals surface area contributed by atoms with Gasteiger partial charge in [-0.3, -0.25) is 14.7 Å². The van der Waals surface area contributed by atoms with Crippen molar-refractivity contribution >= 4 is 12.2 Å². The summed E-state index contributed by atoms with van der Waals surface area (Å²) in [7, 11) is 4.24. The van der Waals surface area contributed by atoms with Gasteiger partial charge in [-0.15, -0.1) is 0 Å². The second kappa shape index (κ2) is 10.7. The highest BCUT2D eigenvalue weighted by Gasteiger charge is 2.23. The Balaban J connectivity index is 1.66. The van der Waals surface area contributed by atoms with Crippen LogP contribution in [0.4, 0.5) is 0 Å². The maximum absolute atomic E-state index is 5.85. The first-order valence-corrected chi connectivity index (χ1v) is 11.5. The summed E-state index contributed by atoms with van der Waals surface area (Å²) in [4.78, 5) is 7.11. The van der Waals surface area contributed by atoms with Crippen LogP contribution in [0, 0.1) is 11.7 Å². The molecule has 1 saturated heterocycles. The standard InChI is InChI=1S/C21H37N7OS/c1-6-8-9-27-20(19(7-2)24(4)5)22-28(21(27)30)16-26-12-10-25(11-13-26)15-18-14-17(3)29-23-18/h14,19H,6-13,15-16H2,1-5H3. The van der Waals surface area contributed by atoms with Crippen LogP contribution in [0.5, 0.6) is 0 Å². The fraction of sp³-hybridized carbons (Fsp3) is 0.762. The molecule has 0 bridgehead atoms. The Labute approximate surface area is 185 Å². The first-order valence-electron chi connectivity index (χ1n) is 11.1. The fourth-order valence-corrected chi connectivity index (χ4v) is 4.38. The predicted octanol–water partition coefficient (Wildman–Crippen LogP) is 3.30. The van der Waals surface area contributed by atoms with E-state index in [4.69, 9.17) is 21.8 Å². The van der Waals surface area contributed by atoms with E-state index in [1.807, 2.05) is 17.7 Å². The third-order valence-corrected chi connectivity index (χ3v) is 6.29. The molecule has 1 aliphatic heterocycles. The summed E-state index contributed by atoms with van der Waals surface area (Å²) in [6.07, 6.45) is 3.29. The molecule has 0 amide bonds. The Morgan fingerprint density at radius 1 is 1.17 bits per heavy atom. The van der Waals surface area contributed by atoms with Crippen molar-refractivity contribution in [1.82, 2.24) is 34.2 Å². The van der Waals surface area contributed by atoms with Crippen molar-refractivity contribution in [3.63, 3.8) is 0 Å². The topological polar surface area (TPSA) is 58.5 Å². The zero-order valence-electron chi connectivity index (χ0n) is 19.2. The molecule has 9 heteroatoms. The van der Waals surface area contributed by atoms with Crippen LogP contribution in [-0.2, 0) is 19.8 Å². The van der Waals surface area contributed by atoms with Crippen LogP contribution >= 0.6 is 12.2 Å². The number of hydrogen-bond donors (Lipinski definition) is 0. The first-order chi connectivity index (χ1) is 14.4. The zero-order chi connectivity index (χ0) is 21.7. The molecule has 168 valence electrons. The van der Waals surface area contributed by atoms with Crippen molar-refractivity contribution in [3.8, 4) is 0 Å². The van der Waals surface area contributed by atoms with Gasteiger partial charge in [0.15, 0.2) is 4.77 Å². The van der Waals surface area contributed by atoms with Gasteiger partial charge in [0.05, 0.1) is 18.4 Å². The van der Waals surface area contributed by atoms with E-state index in [9.17, 15) is 0 Å². The average Bonchev–Trinajstić information content (AvgIpc) is 3.25. The molecule has 30 heavy (non-hydrogen) atoms. The maximum Gasteiger partial charge on any atom is 0.199 e. The molecule has 3 heterocycles. The molecule has 0 radical (unpaired) electrons. The van der Waals surface area contributed by atoms with Crippen LogP contribution in [0.1, 0.15) is 56.4 Å². The Kier molecular flexibility index (Phi) is 8.21. The third kappa shape index (κ3) is 5.57. The Morgan fingerprint density at radius 3 is 2.43 bits per heavy atom. The molecule has 1 unspecified atom stereocenters. The number of aromatic nitrogens is 4. The average molecular weight is 436 g/mol. The molecule has 8 nitrogen and oxygen atoms in total. The number of aryl methyl sites for hydroxylation is 1. The zero-order valence-corrected chi connectivity index (χ0v) is 20.0. The minimum Gasteiger partial charge on any atom is -0.361 e. The molecule has 0 spiro atoms. The molecule has 1 fully saturated rings. The highest BCUT2D eigenvalue weighted by Crippen LogP contribution is 2.22. The molecule has 1 aliphatic rings. The number of hydrogen-bond acceptors (Lipinski definition) is 7. The number of unbranched alkanes of at least 4 members (excludes halogenated alkanes) is 1. The van der Waals surface area contributed by atoms with Gasteiger partial charge < -0.3 is 9.09 Å². The molecule has 3 rings (SSSR count). The molecule has 0 N–H and O–H groups in total. The van der Waals surface area contributed by atoms with Gasteiger partial charge in [0, 0.05) is 45.3 Å². The van der Waals surface area contributed by atoms with Gasteiger partial charge in [-0.2, -0.15) is 5.10 Å². The van der Waals surface area contributed by atoms with Crippen molar-refractivity contribution in [2.75, 3.05) is 40.3 Å². The van der Waals surface area contributed by atoms with Crippen LogP contribution in [0.25, 0.3) is 0 Å². The fourth-order valence-electron chi connectivity index (χ4n) is 4.10. The first kappa shape index (κ1) is 23.1. The smallest absolute Gasteiger partial charge is 0.199 e. The summed E-state index contributed by atoms with van der Waals surface area (Å²) in [5.41, 5.74) is 1.01. The van der Waals surface area contributed by atoms with Crippen LogP contribution in [0.3, 0.4) is 0 Å². The Morgan fingerprint density at radius 2 is 1.87 bits per heavy atom. The largest absolute Gasteiger partial charge is 0.361 e. The molecule has 0 aromatic carbocycles. The molecule has 0 aliphatic carbocycles. The van der Waals surface area contributed by atoms with Crippen LogP contribution in [0.15, 0.2) is 10.6 Å². The SMILES string of the molecule is CCCCn1c(C(CC)N(C)C)nn(CN2CCN(Cc3cc(C)on3)CC2)c1=S. The normalized spacial score (nSPS) is 17.1. The monoisotopic (exact) mass is 435 g/mol. The van der Waals surface area contributed by atoms with Gasteiger partial charge in [-0.05, 0) is 46.1 Å². The van der Waals surface area contributed by atoms with E-state index in [2.05, 4.69) is 52.4 Å². The third-order valence-electron chi connectivity index (χ3n) is 5.86. The lowest BCUT2D eigenvalue weighted by atomic mass is 10.2. The summed E-state index contributed by atoms with van der Waals surface area (Å²) in [5.74, 6) is 1.97. The molecule has 0 saturated carbocycles. The van der Waals surface area contributed by atoms with Crippen LogP contribution in [-0.4, -0.2) is 74.5 Å². The van der Waals surface area contributed by atoms with Gasteiger partial charge in [-0.25, -0.2) is 4.68 Å². The molecular weight excluding hydrogens is 398 g/mol. The van der Waals surface area contributed by atoms with E-state index in [0.717, 1.165) is 87.2 Å².